The van der Waals surface area contributed by atoms with Gasteiger partial charge in [-0.2, -0.15) is 0 Å². The Labute approximate surface area is 123 Å². The van der Waals surface area contributed by atoms with Crippen LogP contribution in [-0.4, -0.2) is 18.7 Å². The van der Waals surface area contributed by atoms with Crippen molar-refractivity contribution in [3.63, 3.8) is 0 Å². The Morgan fingerprint density at radius 3 is 2.50 bits per heavy atom. The number of ether oxygens (including phenoxy) is 1. The minimum absolute atomic E-state index is 0.293. The van der Waals surface area contributed by atoms with Gasteiger partial charge in [-0.25, -0.2) is 0 Å². The van der Waals surface area contributed by atoms with Crippen molar-refractivity contribution < 1.29 is 4.74 Å². The second kappa shape index (κ2) is 6.62. The summed E-state index contributed by atoms with van der Waals surface area (Å²) in [6.45, 7) is 10.1. The first-order chi connectivity index (χ1) is 9.56. The van der Waals surface area contributed by atoms with E-state index in [0.717, 1.165) is 25.1 Å². The van der Waals surface area contributed by atoms with Crippen molar-refractivity contribution in [2.45, 2.75) is 65.5 Å². The van der Waals surface area contributed by atoms with Crippen LogP contribution < -0.4 is 10.1 Å². The van der Waals surface area contributed by atoms with Gasteiger partial charge >= 0.3 is 0 Å². The molecule has 0 heterocycles. The third-order valence-corrected chi connectivity index (χ3v) is 4.46. The number of aryl methyl sites for hydroxylation is 1. The van der Waals surface area contributed by atoms with Crippen LogP contribution in [0.2, 0.25) is 0 Å². The maximum absolute atomic E-state index is 6.25. The fraction of sp³-hybridized carbons (Fsp3) is 0.667. The number of benzene rings is 1. The number of likely N-dealkylation sites (N-methyl/N-ethyl adjacent to an activating group) is 1. The van der Waals surface area contributed by atoms with Gasteiger partial charge in [0, 0.05) is 6.04 Å². The molecule has 2 unspecified atom stereocenters. The second-order valence-electron chi connectivity index (χ2n) is 6.61. The minimum atomic E-state index is 0.293. The van der Waals surface area contributed by atoms with Gasteiger partial charge in [0.05, 0.1) is 0 Å². The van der Waals surface area contributed by atoms with E-state index in [1.165, 1.54) is 18.4 Å². The molecule has 2 atom stereocenters. The molecule has 1 aromatic carbocycles. The summed E-state index contributed by atoms with van der Waals surface area (Å²) in [5.74, 6) is 1.01. The van der Waals surface area contributed by atoms with E-state index in [9.17, 15) is 0 Å². The van der Waals surface area contributed by atoms with Crippen LogP contribution in [-0.2, 0) is 6.42 Å². The predicted octanol–water partition coefficient (Wildman–Crippen LogP) is 4.18. The zero-order chi connectivity index (χ0) is 14.6. The Balaban J connectivity index is 2.01. The zero-order valence-corrected chi connectivity index (χ0v) is 13.4. The first-order valence-electron chi connectivity index (χ1n) is 8.05. The van der Waals surface area contributed by atoms with Crippen molar-refractivity contribution in [1.82, 2.24) is 5.32 Å². The van der Waals surface area contributed by atoms with Gasteiger partial charge in [-0.1, -0.05) is 46.2 Å². The molecule has 112 valence electrons. The Kier molecular flexibility index (Phi) is 5.09. The fourth-order valence-electron chi connectivity index (χ4n) is 3.29. The Hall–Kier alpha value is -1.02. The summed E-state index contributed by atoms with van der Waals surface area (Å²) in [5, 5.41) is 3.61. The van der Waals surface area contributed by atoms with Crippen LogP contribution >= 0.6 is 0 Å². The number of hydrogen-bond acceptors (Lipinski definition) is 2. The van der Waals surface area contributed by atoms with E-state index >= 15 is 0 Å². The SMILES string of the molecule is CCCc1ccc(OC2CCC(C)(C)C2NCC)cc1. The van der Waals surface area contributed by atoms with Crippen LogP contribution in [0.25, 0.3) is 0 Å². The maximum atomic E-state index is 6.25. The van der Waals surface area contributed by atoms with E-state index in [4.69, 9.17) is 4.74 Å². The quantitative estimate of drug-likeness (QED) is 0.840. The minimum Gasteiger partial charge on any atom is -0.489 e. The molecule has 0 aromatic heterocycles. The monoisotopic (exact) mass is 275 g/mol. The third-order valence-electron chi connectivity index (χ3n) is 4.46. The van der Waals surface area contributed by atoms with E-state index in [1.807, 2.05) is 0 Å². The Morgan fingerprint density at radius 1 is 1.20 bits per heavy atom. The standard InChI is InChI=1S/C18H29NO/c1-5-7-14-8-10-15(11-9-14)20-16-12-13-18(3,4)17(16)19-6-2/h8-11,16-17,19H,5-7,12-13H2,1-4H3. The third kappa shape index (κ3) is 3.54. The summed E-state index contributed by atoms with van der Waals surface area (Å²) >= 11 is 0. The highest BCUT2D eigenvalue weighted by Crippen LogP contribution is 2.39. The molecule has 1 aliphatic carbocycles. The van der Waals surface area contributed by atoms with Crippen LogP contribution in [0, 0.1) is 5.41 Å². The van der Waals surface area contributed by atoms with Gasteiger partial charge in [-0.05, 0) is 48.9 Å². The Bertz CT molecular complexity index is 410. The summed E-state index contributed by atoms with van der Waals surface area (Å²) in [5.41, 5.74) is 1.72. The van der Waals surface area contributed by atoms with E-state index < -0.39 is 0 Å². The summed E-state index contributed by atoms with van der Waals surface area (Å²) in [6.07, 6.45) is 5.00. The molecule has 0 aliphatic heterocycles. The molecule has 1 saturated carbocycles. The largest absolute Gasteiger partial charge is 0.489 e. The first kappa shape index (κ1) is 15.4. The van der Waals surface area contributed by atoms with Crippen molar-refractivity contribution in [1.29, 1.82) is 0 Å². The van der Waals surface area contributed by atoms with Gasteiger partial charge in [0.1, 0.15) is 11.9 Å². The van der Waals surface area contributed by atoms with Crippen LogP contribution in [0.5, 0.6) is 5.75 Å². The molecule has 1 aromatic rings. The van der Waals surface area contributed by atoms with Gasteiger partial charge in [0.15, 0.2) is 0 Å². The zero-order valence-electron chi connectivity index (χ0n) is 13.4. The van der Waals surface area contributed by atoms with Crippen LogP contribution in [0.1, 0.15) is 52.5 Å². The van der Waals surface area contributed by atoms with Gasteiger partial charge in [-0.3, -0.25) is 0 Å². The van der Waals surface area contributed by atoms with Crippen LogP contribution in [0.4, 0.5) is 0 Å². The summed E-state index contributed by atoms with van der Waals surface area (Å²) in [6, 6.07) is 9.09. The highest BCUT2D eigenvalue weighted by Gasteiger charge is 2.42. The second-order valence-corrected chi connectivity index (χ2v) is 6.61. The molecule has 2 heteroatoms. The predicted molar refractivity (Wildman–Crippen MR) is 85.3 cm³/mol. The maximum Gasteiger partial charge on any atom is 0.119 e. The molecule has 1 N–H and O–H groups in total. The van der Waals surface area contributed by atoms with Gasteiger partial charge < -0.3 is 10.1 Å². The van der Waals surface area contributed by atoms with Crippen LogP contribution in [0.3, 0.4) is 0 Å². The summed E-state index contributed by atoms with van der Waals surface area (Å²) in [4.78, 5) is 0. The molecule has 0 saturated heterocycles. The molecular weight excluding hydrogens is 246 g/mol. The molecule has 0 bridgehead atoms. The van der Waals surface area contributed by atoms with Crippen molar-refractivity contribution in [3.8, 4) is 5.75 Å². The van der Waals surface area contributed by atoms with E-state index in [1.54, 1.807) is 0 Å². The van der Waals surface area contributed by atoms with Gasteiger partial charge in [0.2, 0.25) is 0 Å². The first-order valence-corrected chi connectivity index (χ1v) is 8.05. The normalized spacial score (nSPS) is 24.8. The molecule has 0 radical (unpaired) electrons. The van der Waals surface area contributed by atoms with Gasteiger partial charge in [-0.15, -0.1) is 0 Å². The van der Waals surface area contributed by atoms with Crippen molar-refractivity contribution in [2.75, 3.05) is 6.54 Å². The topological polar surface area (TPSA) is 21.3 Å². The average Bonchev–Trinajstić information content (AvgIpc) is 2.69. The average molecular weight is 275 g/mol. The van der Waals surface area contributed by atoms with Crippen molar-refractivity contribution in [3.05, 3.63) is 29.8 Å². The lowest BCUT2D eigenvalue weighted by Gasteiger charge is -2.31. The molecule has 0 amide bonds. The van der Waals surface area contributed by atoms with Crippen molar-refractivity contribution >= 4 is 0 Å². The van der Waals surface area contributed by atoms with Crippen molar-refractivity contribution in [2.24, 2.45) is 5.41 Å². The molecule has 1 fully saturated rings. The van der Waals surface area contributed by atoms with E-state index in [-0.39, 0.29) is 0 Å². The molecule has 1 aliphatic rings. The molecule has 2 rings (SSSR count). The Morgan fingerprint density at radius 2 is 1.90 bits per heavy atom. The molecular formula is C18H29NO. The number of rotatable bonds is 6. The number of nitrogens with one attached hydrogen (secondary N) is 1. The lowest BCUT2D eigenvalue weighted by atomic mass is 9.87. The fourth-order valence-corrected chi connectivity index (χ4v) is 3.29. The lowest BCUT2D eigenvalue weighted by Crippen LogP contribution is -2.46. The van der Waals surface area contributed by atoms with Gasteiger partial charge in [0.25, 0.3) is 0 Å². The van der Waals surface area contributed by atoms with E-state index in [2.05, 4.69) is 57.3 Å². The lowest BCUT2D eigenvalue weighted by molar-refractivity contribution is 0.141. The van der Waals surface area contributed by atoms with Crippen LogP contribution in [0.15, 0.2) is 24.3 Å². The van der Waals surface area contributed by atoms with E-state index in [0.29, 0.717) is 17.6 Å². The molecule has 20 heavy (non-hydrogen) atoms. The number of hydrogen-bond donors (Lipinski definition) is 1. The smallest absolute Gasteiger partial charge is 0.119 e. The highest BCUT2D eigenvalue weighted by molar-refractivity contribution is 5.28. The summed E-state index contributed by atoms with van der Waals surface area (Å²) < 4.78 is 6.25. The summed E-state index contributed by atoms with van der Waals surface area (Å²) in [7, 11) is 0. The highest BCUT2D eigenvalue weighted by atomic mass is 16.5. The molecule has 2 nitrogen and oxygen atoms in total. The molecule has 0 spiro atoms.